The number of rotatable bonds is 7. The largest absolute Gasteiger partial charge is 0.494 e. The zero-order valence-electron chi connectivity index (χ0n) is 21.2. The van der Waals surface area contributed by atoms with Crippen molar-refractivity contribution in [1.29, 1.82) is 0 Å². The van der Waals surface area contributed by atoms with E-state index in [1.165, 1.54) is 15.9 Å². The molecule has 3 heterocycles. The number of para-hydroxylation sites is 1. The van der Waals surface area contributed by atoms with Crippen molar-refractivity contribution in [3.63, 3.8) is 0 Å². The maximum absolute atomic E-state index is 13.7. The number of unbranched alkanes of at least 4 members (excludes halogenated alkanes) is 1. The first-order valence-electron chi connectivity index (χ1n) is 12.7. The van der Waals surface area contributed by atoms with Crippen molar-refractivity contribution in [2.45, 2.75) is 33.2 Å². The molecule has 0 saturated heterocycles. The molecule has 3 aromatic carbocycles. The van der Waals surface area contributed by atoms with Crippen LogP contribution in [0.15, 0.2) is 77.6 Å². The number of hydrogen-bond acceptors (Lipinski definition) is 6. The second kappa shape index (κ2) is 9.87. The van der Waals surface area contributed by atoms with Crippen LogP contribution in [0.4, 0.5) is 5.69 Å². The third-order valence-electron chi connectivity index (χ3n) is 6.65. The lowest BCUT2D eigenvalue weighted by Gasteiger charge is -2.17. The van der Waals surface area contributed by atoms with Crippen molar-refractivity contribution in [3.8, 4) is 17.1 Å². The van der Waals surface area contributed by atoms with Crippen LogP contribution in [0.1, 0.15) is 36.5 Å². The van der Waals surface area contributed by atoms with Crippen LogP contribution in [-0.4, -0.2) is 27.1 Å². The summed E-state index contributed by atoms with van der Waals surface area (Å²) < 4.78 is 7.39. The van der Waals surface area contributed by atoms with Gasteiger partial charge >= 0.3 is 0 Å². The average molecular weight is 523 g/mol. The smallest absolute Gasteiger partial charge is 0.291 e. The maximum Gasteiger partial charge on any atom is 0.291 e. The summed E-state index contributed by atoms with van der Waals surface area (Å²) in [4.78, 5) is 34.0. The summed E-state index contributed by atoms with van der Waals surface area (Å²) >= 11 is 1.20. The van der Waals surface area contributed by atoms with Crippen molar-refractivity contribution < 1.29 is 9.53 Å². The van der Waals surface area contributed by atoms with E-state index in [1.54, 1.807) is 4.90 Å². The predicted molar refractivity (Wildman–Crippen MR) is 150 cm³/mol. The fourth-order valence-corrected chi connectivity index (χ4v) is 5.57. The highest BCUT2D eigenvalue weighted by Gasteiger charge is 2.34. The van der Waals surface area contributed by atoms with Gasteiger partial charge in [0, 0.05) is 11.1 Å². The summed E-state index contributed by atoms with van der Waals surface area (Å²) in [5, 5.41) is 4.48. The Kier molecular flexibility index (Phi) is 6.25. The minimum atomic E-state index is -0.335. The number of hydrogen-bond donors (Lipinski definition) is 0. The molecule has 0 radical (unpaired) electrons. The number of ether oxygens (including phenoxy) is 1. The third kappa shape index (κ3) is 4.26. The summed E-state index contributed by atoms with van der Waals surface area (Å²) in [6.07, 6.45) is 2.08. The first kappa shape index (κ1) is 24.1. The van der Waals surface area contributed by atoms with E-state index in [0.717, 1.165) is 46.5 Å². The molecule has 190 valence electrons. The summed E-state index contributed by atoms with van der Waals surface area (Å²) in [5.41, 5.74) is 4.61. The summed E-state index contributed by atoms with van der Waals surface area (Å²) in [6, 6.07) is 23.3. The highest BCUT2D eigenvalue weighted by Crippen LogP contribution is 2.36. The van der Waals surface area contributed by atoms with Gasteiger partial charge in [0.15, 0.2) is 5.82 Å². The molecule has 0 aliphatic carbocycles. The predicted octanol–water partition coefficient (Wildman–Crippen LogP) is 4.77. The number of carbonyl (C=O) groups is 1. The minimum absolute atomic E-state index is 0.188. The fraction of sp³-hybridized carbons (Fsp3) is 0.200. The molecule has 5 aromatic rings. The van der Waals surface area contributed by atoms with Crippen LogP contribution in [0.2, 0.25) is 0 Å². The van der Waals surface area contributed by atoms with Gasteiger partial charge < -0.3 is 9.64 Å². The van der Waals surface area contributed by atoms with Gasteiger partial charge in [-0.25, -0.2) is 0 Å². The first-order valence-corrected chi connectivity index (χ1v) is 13.5. The van der Waals surface area contributed by atoms with Gasteiger partial charge in [-0.2, -0.15) is 9.50 Å². The van der Waals surface area contributed by atoms with Crippen molar-refractivity contribution in [1.82, 2.24) is 14.6 Å². The fourth-order valence-electron chi connectivity index (χ4n) is 4.57. The average Bonchev–Trinajstić information content (AvgIpc) is 3.57. The zero-order valence-corrected chi connectivity index (χ0v) is 22.0. The molecule has 1 amide bonds. The molecule has 6 rings (SSSR count). The standard InChI is InChI=1S/C30H26N4O3S/c1-3-4-17-37-22-15-13-21(14-16-22)27-31-30-34(32-27)29(36)26(38-30)25-23-7-5-6-8-24(23)33(28(25)35)18-20-11-9-19(2)10-12-20/h5-16H,3-4,17-18H2,1-2H3/b26-25-. The van der Waals surface area contributed by atoms with E-state index in [0.29, 0.717) is 34.0 Å². The normalized spacial score (nSPS) is 14.4. The SMILES string of the molecule is CCCCOc1ccc(-c2nc3s/c(=C4\C(=O)N(Cc5ccc(C)cc5)c5ccccc54)c(=O)n3n2)cc1. The van der Waals surface area contributed by atoms with Crippen LogP contribution >= 0.6 is 11.3 Å². The quantitative estimate of drug-likeness (QED) is 0.288. The highest BCUT2D eigenvalue weighted by molar-refractivity contribution is 7.15. The van der Waals surface area contributed by atoms with E-state index < -0.39 is 0 Å². The monoisotopic (exact) mass is 522 g/mol. The number of thiazole rings is 1. The Morgan fingerprint density at radius 1 is 0.947 bits per heavy atom. The van der Waals surface area contributed by atoms with E-state index >= 15 is 0 Å². The lowest BCUT2D eigenvalue weighted by molar-refractivity contribution is -0.113. The maximum atomic E-state index is 13.7. The number of benzene rings is 3. The summed E-state index contributed by atoms with van der Waals surface area (Å²) in [6.45, 7) is 5.27. The molecule has 0 spiro atoms. The van der Waals surface area contributed by atoms with Crippen LogP contribution in [-0.2, 0) is 11.3 Å². The number of fused-ring (bicyclic) bond motifs is 2. The highest BCUT2D eigenvalue weighted by atomic mass is 32.1. The Hall–Kier alpha value is -4.30. The van der Waals surface area contributed by atoms with Crippen LogP contribution in [0.5, 0.6) is 5.75 Å². The van der Waals surface area contributed by atoms with Gasteiger partial charge in [-0.1, -0.05) is 72.7 Å². The molecule has 1 aliphatic heterocycles. The first-order chi connectivity index (χ1) is 18.5. The van der Waals surface area contributed by atoms with Gasteiger partial charge in [-0.3, -0.25) is 9.59 Å². The molecule has 1 aliphatic rings. The number of anilines is 1. The lowest BCUT2D eigenvalue weighted by atomic mass is 10.1. The summed E-state index contributed by atoms with van der Waals surface area (Å²) in [7, 11) is 0. The van der Waals surface area contributed by atoms with E-state index in [4.69, 9.17) is 4.74 Å². The van der Waals surface area contributed by atoms with Crippen molar-refractivity contribution in [3.05, 3.63) is 104 Å². The van der Waals surface area contributed by atoms with Gasteiger partial charge in [-0.05, 0) is 49.2 Å². The van der Waals surface area contributed by atoms with Crippen molar-refractivity contribution in [2.24, 2.45) is 0 Å². The minimum Gasteiger partial charge on any atom is -0.494 e. The van der Waals surface area contributed by atoms with Gasteiger partial charge in [0.1, 0.15) is 10.3 Å². The Labute approximate surface area is 223 Å². The van der Waals surface area contributed by atoms with Gasteiger partial charge in [0.2, 0.25) is 4.96 Å². The lowest BCUT2D eigenvalue weighted by Crippen LogP contribution is -2.32. The molecular formula is C30H26N4O3S. The Morgan fingerprint density at radius 3 is 2.45 bits per heavy atom. The van der Waals surface area contributed by atoms with Crippen molar-refractivity contribution >= 4 is 33.5 Å². The Balaban J connectivity index is 1.36. The number of amides is 1. The van der Waals surface area contributed by atoms with E-state index in [1.807, 2.05) is 79.7 Å². The molecule has 38 heavy (non-hydrogen) atoms. The number of nitrogens with zero attached hydrogens (tertiary/aromatic N) is 4. The molecular weight excluding hydrogens is 496 g/mol. The van der Waals surface area contributed by atoms with E-state index in [9.17, 15) is 9.59 Å². The van der Waals surface area contributed by atoms with Crippen LogP contribution in [0.25, 0.3) is 21.9 Å². The molecule has 8 heteroatoms. The number of aromatic nitrogens is 3. The second-order valence-corrected chi connectivity index (χ2v) is 10.3. The second-order valence-electron chi connectivity index (χ2n) is 9.36. The van der Waals surface area contributed by atoms with E-state index in [-0.39, 0.29) is 11.5 Å². The third-order valence-corrected chi connectivity index (χ3v) is 7.68. The molecule has 0 N–H and O–H groups in total. The van der Waals surface area contributed by atoms with Crippen LogP contribution in [0, 0.1) is 6.92 Å². The van der Waals surface area contributed by atoms with Crippen LogP contribution in [0.3, 0.4) is 0 Å². The molecule has 0 bridgehead atoms. The Morgan fingerprint density at radius 2 is 1.71 bits per heavy atom. The molecule has 0 saturated carbocycles. The van der Waals surface area contributed by atoms with Crippen LogP contribution < -0.4 is 19.7 Å². The van der Waals surface area contributed by atoms with E-state index in [2.05, 4.69) is 17.0 Å². The molecule has 0 atom stereocenters. The molecule has 2 aromatic heterocycles. The number of aryl methyl sites for hydroxylation is 1. The van der Waals surface area contributed by atoms with Crippen molar-refractivity contribution in [2.75, 3.05) is 11.5 Å². The van der Waals surface area contributed by atoms with Gasteiger partial charge in [-0.15, -0.1) is 5.10 Å². The molecule has 7 nitrogen and oxygen atoms in total. The Bertz CT molecular complexity index is 1750. The van der Waals surface area contributed by atoms with Gasteiger partial charge in [0.05, 0.1) is 24.4 Å². The molecule has 0 unspecified atom stereocenters. The topological polar surface area (TPSA) is 76.8 Å². The van der Waals surface area contributed by atoms with Gasteiger partial charge in [0.25, 0.3) is 11.5 Å². The zero-order chi connectivity index (χ0) is 26.2. The number of carbonyl (C=O) groups excluding carboxylic acids is 1. The summed E-state index contributed by atoms with van der Waals surface area (Å²) in [5.74, 6) is 1.07. The molecule has 0 fully saturated rings.